The Bertz CT molecular complexity index is 608. The average Bonchev–Trinajstić information content (AvgIpc) is 2.88. The molecule has 2 aromatic rings. The Balaban J connectivity index is 2.15. The van der Waals surface area contributed by atoms with Gasteiger partial charge < -0.3 is 4.90 Å². The van der Waals surface area contributed by atoms with Crippen LogP contribution in [0.25, 0.3) is 6.08 Å². The number of likely N-dealkylation sites (N-methyl/N-ethyl adjacent to an activating group) is 1. The van der Waals surface area contributed by atoms with Crippen LogP contribution in [-0.4, -0.2) is 17.9 Å². The summed E-state index contributed by atoms with van der Waals surface area (Å²) in [6, 6.07) is 5.84. The molecule has 0 unspecified atom stereocenters. The fourth-order valence-electron chi connectivity index (χ4n) is 1.69. The lowest BCUT2D eigenvalue weighted by Crippen LogP contribution is -2.24. The van der Waals surface area contributed by atoms with Crippen LogP contribution in [0.15, 0.2) is 39.6 Å². The number of thiazole rings is 1. The van der Waals surface area contributed by atoms with Gasteiger partial charge in [-0.05, 0) is 36.8 Å². The molecule has 0 fully saturated rings. The third kappa shape index (κ3) is 3.52. The summed E-state index contributed by atoms with van der Waals surface area (Å²) in [6.07, 6.45) is 3.26. The van der Waals surface area contributed by atoms with Gasteiger partial charge in [-0.25, -0.2) is 4.98 Å². The molecule has 98 valence electrons. The molecule has 0 aliphatic carbocycles. The maximum Gasteiger partial charge on any atom is 0.250 e. The minimum absolute atomic E-state index is 0.0709. The van der Waals surface area contributed by atoms with E-state index in [2.05, 4.69) is 20.9 Å². The molecule has 0 spiro atoms. The third-order valence-electron chi connectivity index (χ3n) is 2.70. The predicted molar refractivity (Wildman–Crippen MR) is 83.4 cm³/mol. The topological polar surface area (TPSA) is 33.2 Å². The molecule has 0 N–H and O–H groups in total. The first-order chi connectivity index (χ1) is 9.08. The lowest BCUT2D eigenvalue weighted by Gasteiger charge is -2.18. The molecule has 0 aliphatic rings. The number of nitrogens with zero attached hydrogens (tertiary/aromatic N) is 2. The van der Waals surface area contributed by atoms with Crippen molar-refractivity contribution in [1.82, 2.24) is 4.98 Å². The molecule has 1 heterocycles. The maximum absolute atomic E-state index is 12.1. The largest absolute Gasteiger partial charge is 0.312 e. The van der Waals surface area contributed by atoms with Crippen LogP contribution < -0.4 is 4.90 Å². The summed E-state index contributed by atoms with van der Waals surface area (Å²) in [7, 11) is 1.77. The van der Waals surface area contributed by atoms with E-state index < -0.39 is 0 Å². The van der Waals surface area contributed by atoms with E-state index in [1.807, 2.05) is 30.5 Å². The van der Waals surface area contributed by atoms with Gasteiger partial charge in [0.1, 0.15) is 0 Å². The first-order valence-electron chi connectivity index (χ1n) is 5.68. The van der Waals surface area contributed by atoms with Crippen LogP contribution in [0.5, 0.6) is 0 Å². The summed E-state index contributed by atoms with van der Waals surface area (Å²) in [6.45, 7) is 1.98. The van der Waals surface area contributed by atoms with E-state index in [0.29, 0.717) is 0 Å². The maximum atomic E-state index is 12.1. The van der Waals surface area contributed by atoms with E-state index in [-0.39, 0.29) is 5.91 Å². The van der Waals surface area contributed by atoms with Gasteiger partial charge in [-0.1, -0.05) is 15.9 Å². The molecule has 3 nitrogen and oxygen atoms in total. The highest BCUT2D eigenvalue weighted by Gasteiger charge is 2.10. The van der Waals surface area contributed by atoms with E-state index in [1.54, 1.807) is 23.5 Å². The molecule has 0 saturated heterocycles. The number of carbonyl (C=O) groups excluding carboxylic acids is 1. The van der Waals surface area contributed by atoms with Gasteiger partial charge in [-0.15, -0.1) is 11.3 Å². The fourth-order valence-corrected chi connectivity index (χ4v) is 2.68. The Morgan fingerprint density at radius 1 is 1.47 bits per heavy atom. The highest BCUT2D eigenvalue weighted by molar-refractivity contribution is 9.10. The predicted octanol–water partition coefficient (Wildman–Crippen LogP) is 3.89. The molecule has 0 radical (unpaired) electrons. The number of hydrogen-bond acceptors (Lipinski definition) is 3. The van der Waals surface area contributed by atoms with E-state index in [4.69, 9.17) is 0 Å². The van der Waals surface area contributed by atoms with Crippen LogP contribution in [0.1, 0.15) is 11.3 Å². The molecule has 1 amide bonds. The number of rotatable bonds is 3. The number of amides is 1. The zero-order chi connectivity index (χ0) is 13.8. The molecule has 0 aliphatic heterocycles. The first-order valence-corrected chi connectivity index (χ1v) is 7.41. The number of carbonyl (C=O) groups is 1. The summed E-state index contributed by atoms with van der Waals surface area (Å²) in [5.74, 6) is -0.0709. The van der Waals surface area contributed by atoms with Crippen LogP contribution >= 0.6 is 27.3 Å². The van der Waals surface area contributed by atoms with Gasteiger partial charge in [0, 0.05) is 28.7 Å². The summed E-state index contributed by atoms with van der Waals surface area (Å²) in [5, 5.41) is 1.90. The number of aromatic nitrogens is 1. The minimum Gasteiger partial charge on any atom is -0.312 e. The lowest BCUT2D eigenvalue weighted by atomic mass is 10.2. The summed E-state index contributed by atoms with van der Waals surface area (Å²) < 4.78 is 1.01. The molecule has 1 aromatic carbocycles. The second kappa shape index (κ2) is 6.12. The Labute approximate surface area is 124 Å². The Hall–Kier alpha value is -1.46. The van der Waals surface area contributed by atoms with Gasteiger partial charge in [-0.3, -0.25) is 4.79 Å². The number of hydrogen-bond donors (Lipinski definition) is 0. The van der Waals surface area contributed by atoms with Crippen molar-refractivity contribution in [2.45, 2.75) is 6.92 Å². The Kier molecular flexibility index (Phi) is 4.50. The van der Waals surface area contributed by atoms with Crippen molar-refractivity contribution in [2.75, 3.05) is 11.9 Å². The quantitative estimate of drug-likeness (QED) is 0.796. The van der Waals surface area contributed by atoms with Crippen LogP contribution in [0, 0.1) is 6.92 Å². The molecule has 2 rings (SSSR count). The molecule has 0 bridgehead atoms. The zero-order valence-electron chi connectivity index (χ0n) is 10.6. The van der Waals surface area contributed by atoms with Crippen molar-refractivity contribution >= 4 is 44.9 Å². The van der Waals surface area contributed by atoms with Crippen molar-refractivity contribution in [3.05, 3.63) is 50.9 Å². The standard InChI is InChI=1S/C14H13BrN2OS/c1-10-7-11(15)3-5-13(10)17(2)14(18)6-4-12-8-19-9-16-12/h3-9H,1-2H3. The normalized spacial score (nSPS) is 10.9. The van der Waals surface area contributed by atoms with Gasteiger partial charge in [-0.2, -0.15) is 0 Å². The molecule has 1 aromatic heterocycles. The van der Waals surface area contributed by atoms with Gasteiger partial charge in [0.2, 0.25) is 0 Å². The highest BCUT2D eigenvalue weighted by Crippen LogP contribution is 2.23. The summed E-state index contributed by atoms with van der Waals surface area (Å²) >= 11 is 4.92. The van der Waals surface area contributed by atoms with Gasteiger partial charge in [0.05, 0.1) is 11.2 Å². The van der Waals surface area contributed by atoms with Crippen molar-refractivity contribution in [3.63, 3.8) is 0 Å². The van der Waals surface area contributed by atoms with Crippen molar-refractivity contribution in [3.8, 4) is 0 Å². The van der Waals surface area contributed by atoms with Gasteiger partial charge in [0.15, 0.2) is 0 Å². The lowest BCUT2D eigenvalue weighted by molar-refractivity contribution is -0.113. The monoisotopic (exact) mass is 336 g/mol. The van der Waals surface area contributed by atoms with Crippen molar-refractivity contribution < 1.29 is 4.79 Å². The van der Waals surface area contributed by atoms with Gasteiger partial charge in [0.25, 0.3) is 5.91 Å². The van der Waals surface area contributed by atoms with Crippen LogP contribution in [0.3, 0.4) is 0 Å². The number of halogens is 1. The van der Waals surface area contributed by atoms with Crippen molar-refractivity contribution in [1.29, 1.82) is 0 Å². The van der Waals surface area contributed by atoms with Crippen molar-refractivity contribution in [2.24, 2.45) is 0 Å². The fraction of sp³-hybridized carbons (Fsp3) is 0.143. The van der Waals surface area contributed by atoms with Gasteiger partial charge >= 0.3 is 0 Å². The molecular formula is C14H13BrN2OS. The van der Waals surface area contributed by atoms with E-state index in [1.165, 1.54) is 17.4 Å². The highest BCUT2D eigenvalue weighted by atomic mass is 79.9. The smallest absolute Gasteiger partial charge is 0.250 e. The van der Waals surface area contributed by atoms with Crippen LogP contribution in [0.2, 0.25) is 0 Å². The molecule has 0 saturated carbocycles. The second-order valence-corrected chi connectivity index (χ2v) is 5.71. The molecular weight excluding hydrogens is 324 g/mol. The molecule has 0 atom stereocenters. The first kappa shape index (κ1) is 14.0. The Morgan fingerprint density at radius 2 is 2.26 bits per heavy atom. The number of aryl methyl sites for hydroxylation is 1. The number of benzene rings is 1. The van der Waals surface area contributed by atoms with Crippen LogP contribution in [0.4, 0.5) is 5.69 Å². The summed E-state index contributed by atoms with van der Waals surface area (Å²) in [5.41, 5.74) is 4.50. The molecule has 19 heavy (non-hydrogen) atoms. The third-order valence-corrected chi connectivity index (χ3v) is 3.80. The molecule has 5 heteroatoms. The van der Waals surface area contributed by atoms with E-state index in [0.717, 1.165) is 21.4 Å². The van der Waals surface area contributed by atoms with E-state index >= 15 is 0 Å². The van der Waals surface area contributed by atoms with E-state index in [9.17, 15) is 4.79 Å². The van der Waals surface area contributed by atoms with Crippen LogP contribution in [-0.2, 0) is 4.79 Å². The SMILES string of the molecule is Cc1cc(Br)ccc1N(C)C(=O)C=Cc1cscn1. The minimum atomic E-state index is -0.0709. The number of anilines is 1. The second-order valence-electron chi connectivity index (χ2n) is 4.07. The summed E-state index contributed by atoms with van der Waals surface area (Å²) in [4.78, 5) is 17.8. The zero-order valence-corrected chi connectivity index (χ0v) is 13.0. The average molecular weight is 337 g/mol. The Morgan fingerprint density at radius 3 is 2.89 bits per heavy atom.